The number of carbonyl (C=O) groups excluding carboxylic acids is 1. The van der Waals surface area contributed by atoms with Gasteiger partial charge >= 0.3 is 16.1 Å². The molecule has 21 heavy (non-hydrogen) atoms. The van der Waals surface area contributed by atoms with E-state index >= 15 is 0 Å². The van der Waals surface area contributed by atoms with Gasteiger partial charge in [0.2, 0.25) is 0 Å². The van der Waals surface area contributed by atoms with Crippen molar-refractivity contribution in [3.05, 3.63) is 63.6 Å². The van der Waals surface area contributed by atoms with Gasteiger partial charge in [-0.1, -0.05) is 40.9 Å². The number of hydrogen-bond acceptors (Lipinski definition) is 4. The Morgan fingerprint density at radius 2 is 1.67 bits per heavy atom. The monoisotopic (exact) mass is 344 g/mol. The number of hydrogen-bond donors (Lipinski definition) is 0. The van der Waals surface area contributed by atoms with E-state index in [4.69, 9.17) is 23.2 Å². The smallest absolute Gasteiger partial charge is 0.338 e. The molecule has 0 saturated carbocycles. The maximum absolute atomic E-state index is 12.0. The van der Waals surface area contributed by atoms with Crippen molar-refractivity contribution in [3.63, 3.8) is 0 Å². The molecule has 0 heterocycles. The molecule has 0 spiro atoms. The predicted molar refractivity (Wildman–Crippen MR) is 80.2 cm³/mol. The molecule has 0 aliphatic heterocycles. The van der Waals surface area contributed by atoms with Crippen LogP contribution in [0.25, 0.3) is 0 Å². The Hall–Kier alpha value is -1.56. The van der Waals surface area contributed by atoms with Gasteiger partial charge in [-0.05, 0) is 37.3 Å². The van der Waals surface area contributed by atoms with Crippen molar-refractivity contribution >= 4 is 39.3 Å². The second kappa shape index (κ2) is 6.05. The zero-order valence-corrected chi connectivity index (χ0v) is 13.2. The van der Waals surface area contributed by atoms with E-state index in [0.717, 1.165) is 5.56 Å². The fraction of sp³-hybridized carbons (Fsp3) is 0.0714. The van der Waals surface area contributed by atoms with Crippen LogP contribution in [0.15, 0.2) is 47.4 Å². The molecule has 0 amide bonds. The first kappa shape index (κ1) is 15.8. The molecule has 0 N–H and O–H groups in total. The first-order valence-electron chi connectivity index (χ1n) is 5.80. The lowest BCUT2D eigenvalue weighted by atomic mass is 10.2. The summed E-state index contributed by atoms with van der Waals surface area (Å²) < 4.78 is 28.6. The molecule has 0 radical (unpaired) electrons. The summed E-state index contributed by atoms with van der Waals surface area (Å²) in [6.45, 7) is 1.82. The van der Waals surface area contributed by atoms with Crippen LogP contribution in [0.3, 0.4) is 0 Å². The molecule has 0 unspecified atom stereocenters. The maximum Gasteiger partial charge on any atom is 0.355 e. The standard InChI is InChI=1S/C14H10Cl2O4S/c1-9-2-5-11(6-3-9)21(18,19)20-14(17)12-7-4-10(15)8-13(12)16/h2-8H,1H3. The van der Waals surface area contributed by atoms with Crippen molar-refractivity contribution in [3.8, 4) is 0 Å². The van der Waals surface area contributed by atoms with E-state index in [1.54, 1.807) is 12.1 Å². The summed E-state index contributed by atoms with van der Waals surface area (Å²) in [5, 5.41) is 0.351. The lowest BCUT2D eigenvalue weighted by Crippen LogP contribution is -2.14. The van der Waals surface area contributed by atoms with Crippen molar-refractivity contribution in [2.45, 2.75) is 11.8 Å². The lowest BCUT2D eigenvalue weighted by Gasteiger charge is -2.07. The van der Waals surface area contributed by atoms with Gasteiger partial charge in [0.15, 0.2) is 0 Å². The van der Waals surface area contributed by atoms with E-state index in [1.807, 2.05) is 6.92 Å². The fourth-order valence-electron chi connectivity index (χ4n) is 1.55. The van der Waals surface area contributed by atoms with Crippen LogP contribution in [-0.4, -0.2) is 14.4 Å². The molecule has 0 aromatic heterocycles. The van der Waals surface area contributed by atoms with Crippen LogP contribution in [-0.2, 0) is 14.3 Å². The number of rotatable bonds is 3. The van der Waals surface area contributed by atoms with E-state index in [1.165, 1.54) is 30.3 Å². The van der Waals surface area contributed by atoms with E-state index in [9.17, 15) is 13.2 Å². The van der Waals surface area contributed by atoms with Crippen LogP contribution in [0.2, 0.25) is 10.0 Å². The topological polar surface area (TPSA) is 60.4 Å². The molecule has 2 aromatic carbocycles. The zero-order chi connectivity index (χ0) is 15.6. The van der Waals surface area contributed by atoms with Crippen LogP contribution >= 0.6 is 23.2 Å². The van der Waals surface area contributed by atoms with Gasteiger partial charge in [-0.2, -0.15) is 8.42 Å². The minimum absolute atomic E-state index is 0.0200. The first-order chi connectivity index (χ1) is 9.79. The minimum Gasteiger partial charge on any atom is -0.338 e. The number of halogens is 2. The van der Waals surface area contributed by atoms with E-state index < -0.39 is 16.1 Å². The molecule has 2 aromatic rings. The third-order valence-corrected chi connectivity index (χ3v) is 4.41. The van der Waals surface area contributed by atoms with Gasteiger partial charge < -0.3 is 4.18 Å². The Labute approximate surface area is 132 Å². The van der Waals surface area contributed by atoms with Gasteiger partial charge in [0.05, 0.1) is 10.6 Å². The van der Waals surface area contributed by atoms with Crippen LogP contribution < -0.4 is 0 Å². The summed E-state index contributed by atoms with van der Waals surface area (Å²) >= 11 is 11.6. The molecule has 7 heteroatoms. The van der Waals surface area contributed by atoms with Gasteiger partial charge in [-0.15, -0.1) is 0 Å². The lowest BCUT2D eigenvalue weighted by molar-refractivity contribution is 0.0747. The first-order valence-corrected chi connectivity index (χ1v) is 7.96. The van der Waals surface area contributed by atoms with Crippen LogP contribution in [0, 0.1) is 6.92 Å². The normalized spacial score (nSPS) is 11.2. The fourth-order valence-corrected chi connectivity index (χ4v) is 2.89. The second-order valence-corrected chi connectivity index (χ2v) is 6.65. The summed E-state index contributed by atoms with van der Waals surface area (Å²) in [5.74, 6) is -1.06. The van der Waals surface area contributed by atoms with E-state index in [0.29, 0.717) is 5.02 Å². The average Bonchev–Trinajstić information content (AvgIpc) is 2.38. The SMILES string of the molecule is Cc1ccc(S(=O)(=O)OC(=O)c2ccc(Cl)cc2Cl)cc1. The summed E-state index contributed by atoms with van der Waals surface area (Å²) in [6, 6.07) is 9.99. The summed E-state index contributed by atoms with van der Waals surface area (Å²) in [7, 11) is -4.19. The quantitative estimate of drug-likeness (QED) is 0.793. The highest BCUT2D eigenvalue weighted by atomic mass is 35.5. The van der Waals surface area contributed by atoms with Gasteiger partial charge in [0, 0.05) is 5.02 Å². The van der Waals surface area contributed by atoms with Crippen molar-refractivity contribution < 1.29 is 17.4 Å². The number of carbonyl (C=O) groups is 1. The second-order valence-electron chi connectivity index (χ2n) is 4.26. The van der Waals surface area contributed by atoms with Gasteiger partial charge in [0.1, 0.15) is 4.90 Å². The summed E-state index contributed by atoms with van der Waals surface area (Å²) in [6.07, 6.45) is 0. The molecule has 110 valence electrons. The van der Waals surface area contributed by atoms with Gasteiger partial charge in [0.25, 0.3) is 0 Å². The molecule has 0 saturated heterocycles. The molecule has 0 atom stereocenters. The Morgan fingerprint density at radius 1 is 1.05 bits per heavy atom. The highest BCUT2D eigenvalue weighted by molar-refractivity contribution is 7.87. The molecule has 2 rings (SSSR count). The summed E-state index contributed by atoms with van der Waals surface area (Å²) in [4.78, 5) is 11.8. The van der Waals surface area contributed by atoms with Gasteiger partial charge in [-0.25, -0.2) is 4.79 Å². The van der Waals surface area contributed by atoms with E-state index in [-0.39, 0.29) is 15.5 Å². The zero-order valence-electron chi connectivity index (χ0n) is 10.8. The van der Waals surface area contributed by atoms with E-state index in [2.05, 4.69) is 4.18 Å². The maximum atomic E-state index is 12.0. The van der Waals surface area contributed by atoms with Crippen LogP contribution in [0.1, 0.15) is 15.9 Å². The molecule has 0 bridgehead atoms. The highest BCUT2D eigenvalue weighted by Gasteiger charge is 2.22. The van der Waals surface area contributed by atoms with Crippen molar-refractivity contribution in [2.24, 2.45) is 0 Å². The predicted octanol–water partition coefficient (Wildman–Crippen LogP) is 3.85. The molecule has 0 aliphatic carbocycles. The number of benzene rings is 2. The van der Waals surface area contributed by atoms with Crippen LogP contribution in [0.4, 0.5) is 0 Å². The molecule has 0 fully saturated rings. The number of aryl methyl sites for hydroxylation is 1. The van der Waals surface area contributed by atoms with Crippen molar-refractivity contribution in [2.75, 3.05) is 0 Å². The van der Waals surface area contributed by atoms with Crippen molar-refractivity contribution in [1.82, 2.24) is 0 Å². The average molecular weight is 345 g/mol. The third kappa shape index (κ3) is 3.75. The highest BCUT2D eigenvalue weighted by Crippen LogP contribution is 2.23. The summed E-state index contributed by atoms with van der Waals surface area (Å²) in [5.41, 5.74) is 0.817. The van der Waals surface area contributed by atoms with Crippen molar-refractivity contribution in [1.29, 1.82) is 0 Å². The minimum atomic E-state index is -4.19. The third-order valence-electron chi connectivity index (χ3n) is 2.65. The Balaban J connectivity index is 2.28. The Morgan fingerprint density at radius 3 is 2.24 bits per heavy atom. The Kier molecular flexibility index (Phi) is 4.56. The Bertz CT molecular complexity index is 783. The molecular formula is C14H10Cl2O4S. The largest absolute Gasteiger partial charge is 0.355 e. The molecular weight excluding hydrogens is 335 g/mol. The molecule has 0 aliphatic rings. The molecule has 4 nitrogen and oxygen atoms in total. The van der Waals surface area contributed by atoms with Gasteiger partial charge in [-0.3, -0.25) is 0 Å². The van der Waals surface area contributed by atoms with Crippen LogP contribution in [0.5, 0.6) is 0 Å².